The van der Waals surface area contributed by atoms with Crippen LogP contribution in [0.25, 0.3) is 42.7 Å². The molecule has 0 spiro atoms. The number of aliphatic hydroxyl groups excluding tert-OH is 1. The van der Waals surface area contributed by atoms with Gasteiger partial charge in [0, 0.05) is 60.7 Å². The Bertz CT molecular complexity index is 2080. The minimum absolute atomic E-state index is 0.244. The van der Waals surface area contributed by atoms with E-state index in [0.29, 0.717) is 17.2 Å². The number of hydrogen-bond acceptors (Lipinski definition) is 10. The molecule has 266 valence electrons. The van der Waals surface area contributed by atoms with Gasteiger partial charge < -0.3 is 19.8 Å². The summed E-state index contributed by atoms with van der Waals surface area (Å²) in [7, 11) is 4.32. The van der Waals surface area contributed by atoms with E-state index in [4.69, 9.17) is 28.3 Å². The minimum Gasteiger partial charge on any atom is -0.396 e. The Kier molecular flexibility index (Phi) is 11.3. The second-order valence-electron chi connectivity index (χ2n) is 13.3. The van der Waals surface area contributed by atoms with Crippen molar-refractivity contribution in [2.24, 2.45) is 5.92 Å². The van der Waals surface area contributed by atoms with E-state index in [1.165, 1.54) is 34.6 Å². The van der Waals surface area contributed by atoms with Gasteiger partial charge >= 0.3 is 0 Å². The lowest BCUT2D eigenvalue weighted by molar-refractivity contribution is 0.240. The van der Waals surface area contributed by atoms with Gasteiger partial charge in [0.15, 0.2) is 0 Å². The summed E-state index contributed by atoms with van der Waals surface area (Å²) in [5.41, 5.74) is 4.35. The monoisotopic (exact) mass is 763 g/mol. The van der Waals surface area contributed by atoms with Gasteiger partial charge in [-0.1, -0.05) is 42.5 Å². The molecule has 0 saturated carbocycles. The largest absolute Gasteiger partial charge is 0.396 e. The zero-order chi connectivity index (χ0) is 35.5. The van der Waals surface area contributed by atoms with Crippen LogP contribution in [0, 0.1) is 11.7 Å². The Balaban J connectivity index is 0.000000159. The summed E-state index contributed by atoms with van der Waals surface area (Å²) < 4.78 is 13.3. The quantitative estimate of drug-likeness (QED) is 0.161. The maximum Gasteiger partial charge on any atom is 0.225 e. The van der Waals surface area contributed by atoms with Crippen LogP contribution in [0.3, 0.4) is 0 Å². The van der Waals surface area contributed by atoms with E-state index < -0.39 is 0 Å². The normalized spacial score (nSPS) is 15.9. The molecule has 8 rings (SSSR count). The van der Waals surface area contributed by atoms with Crippen molar-refractivity contribution in [2.75, 3.05) is 56.7 Å². The summed E-state index contributed by atoms with van der Waals surface area (Å²) in [6.07, 6.45) is 5.19. The van der Waals surface area contributed by atoms with Crippen LogP contribution in [0.15, 0.2) is 65.4 Å². The molecule has 2 aliphatic rings. The van der Waals surface area contributed by atoms with Gasteiger partial charge in [0.25, 0.3) is 0 Å². The SMILES string of the molecule is CN(C)C1CCN(c2nc(Cl)nc3scc(-c4ccccc4)c23)CC1.OCCC1CCN(c2nc(Cl)nc3scc(-c4ccc(F)cc4)c23)CC1. The molecular formula is C38H40Cl2FN7OS2. The maximum absolute atomic E-state index is 13.3. The Morgan fingerprint density at radius 2 is 1.22 bits per heavy atom. The lowest BCUT2D eigenvalue weighted by atomic mass is 9.93. The molecule has 2 saturated heterocycles. The van der Waals surface area contributed by atoms with Crippen LogP contribution < -0.4 is 9.80 Å². The Hall–Kier alpha value is -3.45. The number of hydrogen-bond donors (Lipinski definition) is 1. The van der Waals surface area contributed by atoms with Crippen LogP contribution in [-0.4, -0.2) is 82.9 Å². The molecule has 0 unspecified atom stereocenters. The van der Waals surface area contributed by atoms with Gasteiger partial charge in [-0.2, -0.15) is 9.97 Å². The van der Waals surface area contributed by atoms with Crippen molar-refractivity contribution in [3.63, 3.8) is 0 Å². The number of anilines is 2. The van der Waals surface area contributed by atoms with E-state index in [-0.39, 0.29) is 17.7 Å². The van der Waals surface area contributed by atoms with Gasteiger partial charge in [-0.3, -0.25) is 0 Å². The van der Waals surface area contributed by atoms with Crippen LogP contribution >= 0.6 is 45.9 Å². The second-order valence-corrected chi connectivity index (χ2v) is 15.7. The van der Waals surface area contributed by atoms with E-state index in [1.54, 1.807) is 23.5 Å². The Morgan fingerprint density at radius 1 is 0.725 bits per heavy atom. The molecule has 0 radical (unpaired) electrons. The highest BCUT2D eigenvalue weighted by Crippen LogP contribution is 2.41. The summed E-state index contributed by atoms with van der Waals surface area (Å²) in [5, 5.41) is 16.0. The van der Waals surface area contributed by atoms with Crippen molar-refractivity contribution in [2.45, 2.75) is 38.1 Å². The Labute approximate surface area is 315 Å². The number of benzene rings is 2. The minimum atomic E-state index is -0.251. The fourth-order valence-corrected chi connectivity index (χ4v) is 9.45. The molecule has 0 bridgehead atoms. The summed E-state index contributed by atoms with van der Waals surface area (Å²) in [4.78, 5) is 26.7. The molecule has 6 aromatic rings. The topological polar surface area (TPSA) is 81.5 Å². The van der Waals surface area contributed by atoms with Gasteiger partial charge in [0.1, 0.15) is 27.1 Å². The third-order valence-electron chi connectivity index (χ3n) is 9.96. The summed E-state index contributed by atoms with van der Waals surface area (Å²) in [6.45, 7) is 4.00. The average Bonchev–Trinajstić information content (AvgIpc) is 3.77. The van der Waals surface area contributed by atoms with Crippen LogP contribution in [0.1, 0.15) is 32.1 Å². The number of aromatic nitrogens is 4. The first kappa shape index (κ1) is 35.9. The molecule has 6 heterocycles. The van der Waals surface area contributed by atoms with Gasteiger partial charge in [-0.15, -0.1) is 22.7 Å². The highest BCUT2D eigenvalue weighted by atomic mass is 35.5. The predicted octanol–water partition coefficient (Wildman–Crippen LogP) is 9.29. The van der Waals surface area contributed by atoms with Gasteiger partial charge in [0.2, 0.25) is 10.6 Å². The van der Waals surface area contributed by atoms with Crippen molar-refractivity contribution >= 4 is 77.9 Å². The number of rotatable bonds is 7. The molecule has 2 aliphatic heterocycles. The molecule has 13 heteroatoms. The summed E-state index contributed by atoms with van der Waals surface area (Å²) >= 11 is 15.6. The molecule has 4 aromatic heterocycles. The van der Waals surface area contributed by atoms with Crippen molar-refractivity contribution < 1.29 is 9.50 Å². The van der Waals surface area contributed by atoms with Gasteiger partial charge in [-0.25, -0.2) is 14.4 Å². The molecule has 1 N–H and O–H groups in total. The molecule has 0 amide bonds. The molecule has 0 aliphatic carbocycles. The highest BCUT2D eigenvalue weighted by molar-refractivity contribution is 7.17. The van der Waals surface area contributed by atoms with Crippen LogP contribution in [0.5, 0.6) is 0 Å². The summed E-state index contributed by atoms with van der Waals surface area (Å²) in [6, 6.07) is 17.6. The molecule has 2 aromatic carbocycles. The van der Waals surface area contributed by atoms with Crippen LogP contribution in [-0.2, 0) is 0 Å². The molecule has 2 fully saturated rings. The van der Waals surface area contributed by atoms with Crippen molar-refractivity contribution in [1.82, 2.24) is 24.8 Å². The maximum atomic E-state index is 13.3. The van der Waals surface area contributed by atoms with Crippen molar-refractivity contribution in [3.8, 4) is 22.3 Å². The van der Waals surface area contributed by atoms with E-state index in [2.05, 4.69) is 78.4 Å². The number of fused-ring (bicyclic) bond motifs is 2. The zero-order valence-electron chi connectivity index (χ0n) is 28.6. The lowest BCUT2D eigenvalue weighted by Crippen LogP contribution is -2.42. The van der Waals surface area contributed by atoms with Crippen LogP contribution in [0.4, 0.5) is 16.0 Å². The number of halogens is 3. The predicted molar refractivity (Wildman–Crippen MR) is 211 cm³/mol. The third kappa shape index (κ3) is 7.99. The molecular weight excluding hydrogens is 725 g/mol. The molecule has 8 nitrogen and oxygen atoms in total. The summed E-state index contributed by atoms with van der Waals surface area (Å²) in [5.74, 6) is 2.14. The number of thiophene rings is 2. The number of nitrogens with zero attached hydrogens (tertiary/aromatic N) is 7. The van der Waals surface area contributed by atoms with Crippen LogP contribution in [0.2, 0.25) is 10.6 Å². The lowest BCUT2D eigenvalue weighted by Gasteiger charge is -2.36. The smallest absolute Gasteiger partial charge is 0.225 e. The zero-order valence-corrected chi connectivity index (χ0v) is 31.7. The Morgan fingerprint density at radius 3 is 1.71 bits per heavy atom. The fraction of sp³-hybridized carbons (Fsp3) is 0.368. The van der Waals surface area contributed by atoms with E-state index in [1.807, 2.05) is 11.4 Å². The number of aliphatic hydroxyl groups is 1. The van der Waals surface area contributed by atoms with E-state index in [0.717, 1.165) is 101 Å². The average molecular weight is 765 g/mol. The van der Waals surface area contributed by atoms with E-state index in [9.17, 15) is 4.39 Å². The van der Waals surface area contributed by atoms with Gasteiger partial charge in [0.05, 0.1) is 10.8 Å². The van der Waals surface area contributed by atoms with Crippen molar-refractivity contribution in [1.29, 1.82) is 0 Å². The first-order valence-electron chi connectivity index (χ1n) is 17.3. The van der Waals surface area contributed by atoms with Gasteiger partial charge in [-0.05, 0) is 98.6 Å². The molecule has 51 heavy (non-hydrogen) atoms. The second kappa shape index (κ2) is 16.1. The highest BCUT2D eigenvalue weighted by Gasteiger charge is 2.26. The van der Waals surface area contributed by atoms with E-state index >= 15 is 0 Å². The van der Waals surface area contributed by atoms with Crippen molar-refractivity contribution in [3.05, 3.63) is 81.7 Å². The first-order valence-corrected chi connectivity index (χ1v) is 19.8. The third-order valence-corrected chi connectivity index (χ3v) is 12.0. The standard InChI is InChI=1S/C19H19ClFN3OS.C19H21ClN4S/c20-19-22-17(24-8-5-12(6-9-24)7-10-25)16-15(11-26-18(16)23-19)13-1-3-14(21)4-2-13;1-23(2)14-8-10-24(11-9-14)17-16-15(13-6-4-3-5-7-13)12-25-18(16)22-19(20)21-17/h1-4,11-12,25H,5-10H2;3-7,12,14H,8-11H2,1-2H3. The molecule has 0 atom stereocenters. The first-order chi connectivity index (χ1) is 24.8. The fourth-order valence-electron chi connectivity index (χ4n) is 7.14. The number of piperidine rings is 2.